The number of nitrogens with one attached hydrogen (secondary N) is 2. The van der Waals surface area contributed by atoms with Gasteiger partial charge in [0.2, 0.25) is 12.1 Å². The van der Waals surface area contributed by atoms with Crippen molar-refractivity contribution < 1.29 is 14.3 Å². The fourth-order valence-corrected chi connectivity index (χ4v) is 3.27. The van der Waals surface area contributed by atoms with Crippen LogP contribution >= 0.6 is 0 Å². The number of fused-ring (bicyclic) bond motifs is 1. The molecule has 2 unspecified atom stereocenters. The molecule has 1 aliphatic heterocycles. The Morgan fingerprint density at radius 3 is 2.48 bits per heavy atom. The maximum Gasteiger partial charge on any atom is 0.270 e. The second-order valence-electron chi connectivity index (χ2n) is 8.58. The van der Waals surface area contributed by atoms with E-state index in [0.717, 1.165) is 5.69 Å². The molecule has 0 aliphatic carbocycles. The molecule has 9 heteroatoms. The summed E-state index contributed by atoms with van der Waals surface area (Å²) in [4.78, 5) is 32.1. The number of hydrogen-bond acceptors (Lipinski definition) is 6. The van der Waals surface area contributed by atoms with Crippen LogP contribution in [0.1, 0.15) is 39.1 Å². The Balaban J connectivity index is 1.68. The van der Waals surface area contributed by atoms with Crippen molar-refractivity contribution in [3.8, 4) is 17.4 Å². The first-order chi connectivity index (χ1) is 14.6. The topological polar surface area (TPSA) is 111 Å². The number of benzene rings is 1. The van der Waals surface area contributed by atoms with Gasteiger partial charge < -0.3 is 14.8 Å². The Morgan fingerprint density at radius 2 is 1.84 bits per heavy atom. The highest BCUT2D eigenvalue weighted by Crippen LogP contribution is 2.34. The Kier molecular flexibility index (Phi) is 5.04. The predicted molar refractivity (Wildman–Crippen MR) is 115 cm³/mol. The fraction of sp³-hybridized carbons (Fsp3) is 0.364. The highest BCUT2D eigenvalue weighted by Gasteiger charge is 2.35. The summed E-state index contributed by atoms with van der Waals surface area (Å²) in [7, 11) is 0. The molecule has 1 aromatic carbocycles. The van der Waals surface area contributed by atoms with Gasteiger partial charge in [-0.1, -0.05) is 32.9 Å². The van der Waals surface area contributed by atoms with E-state index in [-0.39, 0.29) is 16.9 Å². The zero-order valence-electron chi connectivity index (χ0n) is 18.1. The summed E-state index contributed by atoms with van der Waals surface area (Å²) in [6.07, 6.45) is -1.36. The number of carbonyl (C=O) groups is 1. The van der Waals surface area contributed by atoms with Crippen molar-refractivity contribution in [3.63, 3.8) is 0 Å². The molecule has 2 aromatic heterocycles. The van der Waals surface area contributed by atoms with Gasteiger partial charge in [0, 0.05) is 23.2 Å². The molecular formula is C22H25N5O4. The first kappa shape index (κ1) is 20.6. The summed E-state index contributed by atoms with van der Waals surface area (Å²) in [6.45, 7) is 9.52. The van der Waals surface area contributed by atoms with Crippen LogP contribution in [0.25, 0.3) is 5.95 Å². The van der Waals surface area contributed by atoms with Crippen molar-refractivity contribution in [3.05, 3.63) is 58.1 Å². The first-order valence-corrected chi connectivity index (χ1v) is 10.0. The number of rotatable bonds is 3. The monoisotopic (exact) mass is 423 g/mol. The number of ether oxygens (including phenoxy) is 2. The van der Waals surface area contributed by atoms with Crippen molar-refractivity contribution in [2.75, 3.05) is 5.32 Å². The Hall–Kier alpha value is -3.62. The molecule has 2 atom stereocenters. The standard InChI is InChI=1S/C22H25N5O4/c1-12-10-18(28)25-21(23-12)27-17(11-16(26-27)22(3,4)5)24-20(29)19-13(2)30-14-8-6-7-9-15(14)31-19/h6-11,13,19H,1-5H3,(H,24,29)(H,23,25,28). The molecule has 0 spiro atoms. The number of aromatic nitrogens is 4. The van der Waals surface area contributed by atoms with Crippen molar-refractivity contribution in [2.24, 2.45) is 0 Å². The number of para-hydroxylation sites is 2. The van der Waals surface area contributed by atoms with Gasteiger partial charge in [-0.15, -0.1) is 0 Å². The molecule has 0 saturated carbocycles. The van der Waals surface area contributed by atoms with E-state index in [0.29, 0.717) is 23.0 Å². The number of nitrogens with zero attached hydrogens (tertiary/aromatic N) is 3. The van der Waals surface area contributed by atoms with Gasteiger partial charge in [0.1, 0.15) is 11.9 Å². The number of hydrogen-bond donors (Lipinski definition) is 2. The number of aryl methyl sites for hydroxylation is 1. The minimum absolute atomic E-state index is 0.218. The molecule has 9 nitrogen and oxygen atoms in total. The molecule has 3 heterocycles. The molecule has 162 valence electrons. The third kappa shape index (κ3) is 4.16. The van der Waals surface area contributed by atoms with Crippen LogP contribution in [0.5, 0.6) is 11.5 Å². The van der Waals surface area contributed by atoms with Gasteiger partial charge in [0.25, 0.3) is 11.5 Å². The average Bonchev–Trinajstić information content (AvgIpc) is 3.11. The number of H-pyrrole nitrogens is 1. The first-order valence-electron chi connectivity index (χ1n) is 10.0. The maximum atomic E-state index is 13.1. The summed E-state index contributed by atoms with van der Waals surface area (Å²) in [5.74, 6) is 1.31. The Bertz CT molecular complexity index is 1190. The van der Waals surface area contributed by atoms with E-state index in [1.54, 1.807) is 32.0 Å². The third-order valence-corrected chi connectivity index (χ3v) is 4.89. The van der Waals surface area contributed by atoms with Crippen LogP contribution in [0.2, 0.25) is 0 Å². The zero-order chi connectivity index (χ0) is 22.3. The second-order valence-corrected chi connectivity index (χ2v) is 8.58. The van der Waals surface area contributed by atoms with Gasteiger partial charge in [-0.25, -0.2) is 4.98 Å². The highest BCUT2D eigenvalue weighted by atomic mass is 16.6. The lowest BCUT2D eigenvalue weighted by Gasteiger charge is -2.30. The van der Waals surface area contributed by atoms with E-state index in [1.807, 2.05) is 32.9 Å². The van der Waals surface area contributed by atoms with Gasteiger partial charge >= 0.3 is 0 Å². The molecule has 2 N–H and O–H groups in total. The van der Waals surface area contributed by atoms with Crippen LogP contribution in [0.15, 0.2) is 41.2 Å². The van der Waals surface area contributed by atoms with Crippen molar-refractivity contribution >= 4 is 11.7 Å². The average molecular weight is 423 g/mol. The molecule has 0 saturated heterocycles. The normalized spacial score (nSPS) is 18.0. The lowest BCUT2D eigenvalue weighted by Crippen LogP contribution is -2.46. The molecule has 3 aromatic rings. The Morgan fingerprint density at radius 1 is 1.16 bits per heavy atom. The molecule has 4 rings (SSSR count). The predicted octanol–water partition coefficient (Wildman–Crippen LogP) is 2.73. The smallest absolute Gasteiger partial charge is 0.270 e. The molecule has 0 bridgehead atoms. The summed E-state index contributed by atoms with van der Waals surface area (Å²) in [6, 6.07) is 10.4. The summed E-state index contributed by atoms with van der Waals surface area (Å²) >= 11 is 0. The van der Waals surface area contributed by atoms with Crippen molar-refractivity contribution in [1.82, 2.24) is 19.7 Å². The SMILES string of the molecule is Cc1cc(=O)[nH]c(-n2nc(C(C)(C)C)cc2NC(=O)C2Oc3ccccc3OC2C)n1. The molecular weight excluding hydrogens is 398 g/mol. The largest absolute Gasteiger partial charge is 0.482 e. The minimum Gasteiger partial charge on any atom is -0.482 e. The van der Waals surface area contributed by atoms with Gasteiger partial charge in [-0.05, 0) is 26.0 Å². The number of aromatic amines is 1. The van der Waals surface area contributed by atoms with Gasteiger partial charge in [0.05, 0.1) is 5.69 Å². The van der Waals surface area contributed by atoms with E-state index >= 15 is 0 Å². The fourth-order valence-electron chi connectivity index (χ4n) is 3.27. The Labute approximate surface area is 179 Å². The van der Waals surface area contributed by atoms with E-state index < -0.39 is 18.1 Å². The maximum absolute atomic E-state index is 13.1. The molecule has 1 amide bonds. The third-order valence-electron chi connectivity index (χ3n) is 4.89. The van der Waals surface area contributed by atoms with E-state index in [4.69, 9.17) is 9.47 Å². The molecule has 31 heavy (non-hydrogen) atoms. The number of carbonyl (C=O) groups excluding carboxylic acids is 1. The number of amides is 1. The number of anilines is 1. The van der Waals surface area contributed by atoms with Crippen LogP contribution in [-0.2, 0) is 10.2 Å². The lowest BCUT2D eigenvalue weighted by atomic mass is 9.92. The van der Waals surface area contributed by atoms with Gasteiger partial charge in [0.15, 0.2) is 11.5 Å². The van der Waals surface area contributed by atoms with Gasteiger partial charge in [-0.2, -0.15) is 9.78 Å². The van der Waals surface area contributed by atoms with E-state index in [1.165, 1.54) is 10.7 Å². The van der Waals surface area contributed by atoms with Crippen LogP contribution in [-0.4, -0.2) is 37.9 Å². The lowest BCUT2D eigenvalue weighted by molar-refractivity contribution is -0.128. The molecule has 0 fully saturated rings. The van der Waals surface area contributed by atoms with Crippen molar-refractivity contribution in [2.45, 2.75) is 52.2 Å². The van der Waals surface area contributed by atoms with Crippen molar-refractivity contribution in [1.29, 1.82) is 0 Å². The van der Waals surface area contributed by atoms with E-state index in [2.05, 4.69) is 20.4 Å². The van der Waals surface area contributed by atoms with Crippen LogP contribution in [0.3, 0.4) is 0 Å². The molecule has 0 radical (unpaired) electrons. The minimum atomic E-state index is -0.860. The van der Waals surface area contributed by atoms with Crippen LogP contribution < -0.4 is 20.3 Å². The van der Waals surface area contributed by atoms with Crippen LogP contribution in [0.4, 0.5) is 5.82 Å². The highest BCUT2D eigenvalue weighted by molar-refractivity contribution is 5.94. The summed E-state index contributed by atoms with van der Waals surface area (Å²) in [5.41, 5.74) is 0.678. The van der Waals surface area contributed by atoms with Gasteiger partial charge in [-0.3, -0.25) is 14.6 Å². The second kappa shape index (κ2) is 7.57. The van der Waals surface area contributed by atoms with E-state index in [9.17, 15) is 9.59 Å². The molecule has 1 aliphatic rings. The quantitative estimate of drug-likeness (QED) is 0.670. The zero-order valence-corrected chi connectivity index (χ0v) is 18.1. The summed E-state index contributed by atoms with van der Waals surface area (Å²) < 4.78 is 13.2. The van der Waals surface area contributed by atoms with Crippen LogP contribution in [0, 0.1) is 6.92 Å². The summed E-state index contributed by atoms with van der Waals surface area (Å²) in [5, 5.41) is 7.45.